The third-order valence-electron chi connectivity index (χ3n) is 4.33. The van der Waals surface area contributed by atoms with E-state index in [1.165, 1.54) is 54.8 Å². The Morgan fingerprint density at radius 3 is 1.50 bits per heavy atom. The van der Waals surface area contributed by atoms with Gasteiger partial charge in [-0.15, -0.1) is 0 Å². The maximum absolute atomic E-state index is 11.0. The van der Waals surface area contributed by atoms with Crippen molar-refractivity contribution in [1.82, 2.24) is 0 Å². The first-order valence-corrected chi connectivity index (χ1v) is 14.5. The standard InChI is InChI=1S/C9H18O5Si.C8H16O5Si.C5H8O2/c1-6-9(10)14-8(2)7-15(11-3,12-4)13-5;1-5-7(9)8(10)6-14(11-2,12-3)13-4;1-5(7)3-2-4-6/h6,8H,1,7H2,2-5H3;5,8,10H,1,6H2,2-4H3;2-5,7H,1H3. The zero-order chi connectivity index (χ0) is 28.8. The molecule has 12 nitrogen and oxygen atoms in total. The van der Waals surface area contributed by atoms with Crippen LogP contribution in [0, 0.1) is 0 Å². The minimum atomic E-state index is -2.88. The lowest BCUT2D eigenvalue weighted by Crippen LogP contribution is -2.46. The van der Waals surface area contributed by atoms with Crippen LogP contribution >= 0.6 is 0 Å². The monoisotopic (exact) mass is 554 g/mol. The van der Waals surface area contributed by atoms with Crippen LogP contribution < -0.4 is 0 Å². The second-order valence-electron chi connectivity index (χ2n) is 6.83. The van der Waals surface area contributed by atoms with Crippen LogP contribution in [0.5, 0.6) is 0 Å². The highest BCUT2D eigenvalue weighted by atomic mass is 28.4. The van der Waals surface area contributed by atoms with Crippen LogP contribution in [0.4, 0.5) is 0 Å². The number of aliphatic hydroxyl groups is 2. The largest absolute Gasteiger partial charge is 0.503 e. The summed E-state index contributed by atoms with van der Waals surface area (Å²) in [6, 6.07) is 0.442. The molecule has 210 valence electrons. The number of esters is 1. The maximum atomic E-state index is 11.0. The Labute approximate surface area is 216 Å². The summed E-state index contributed by atoms with van der Waals surface area (Å²) in [7, 11) is 3.26. The van der Waals surface area contributed by atoms with Crippen LogP contribution in [0.15, 0.2) is 37.5 Å². The Hall–Kier alpha value is -1.86. The number of ketones is 1. The van der Waals surface area contributed by atoms with E-state index >= 15 is 0 Å². The van der Waals surface area contributed by atoms with Crippen LogP contribution in [-0.4, -0.2) is 107 Å². The molecule has 0 aromatic rings. The fourth-order valence-electron chi connectivity index (χ4n) is 2.32. The van der Waals surface area contributed by atoms with Crippen molar-refractivity contribution in [2.45, 2.75) is 44.2 Å². The summed E-state index contributed by atoms with van der Waals surface area (Å²) < 4.78 is 35.7. The van der Waals surface area contributed by atoms with Gasteiger partial charge in [-0.05, 0) is 26.0 Å². The Balaban J connectivity index is -0.000000483. The van der Waals surface area contributed by atoms with Crippen molar-refractivity contribution in [1.29, 1.82) is 0 Å². The molecule has 0 aliphatic rings. The number of allylic oxidation sites excluding steroid dienone is 1. The zero-order valence-electron chi connectivity index (χ0n) is 22.4. The quantitative estimate of drug-likeness (QED) is 0.121. The molecule has 3 atom stereocenters. The number of carbonyl (C=O) groups excluding carboxylic acids is 3. The highest BCUT2D eigenvalue weighted by Crippen LogP contribution is 2.17. The fourth-order valence-corrected chi connectivity index (χ4v) is 5.78. The Morgan fingerprint density at radius 2 is 1.22 bits per heavy atom. The van der Waals surface area contributed by atoms with Gasteiger partial charge in [-0.25, -0.2) is 4.79 Å². The van der Waals surface area contributed by atoms with E-state index in [2.05, 4.69) is 13.2 Å². The molecule has 0 rings (SSSR count). The molecular formula is C22H42O12Si2. The molecule has 14 heteroatoms. The van der Waals surface area contributed by atoms with Crippen molar-refractivity contribution in [2.24, 2.45) is 0 Å². The Kier molecular flexibility index (Phi) is 24.0. The molecule has 0 aromatic heterocycles. The first kappa shape index (κ1) is 38.7. The first-order chi connectivity index (χ1) is 16.8. The summed E-state index contributed by atoms with van der Waals surface area (Å²) >= 11 is 0. The van der Waals surface area contributed by atoms with Gasteiger partial charge in [0.25, 0.3) is 0 Å². The van der Waals surface area contributed by atoms with Crippen LogP contribution in [0.2, 0.25) is 12.1 Å². The summed E-state index contributed by atoms with van der Waals surface area (Å²) in [4.78, 5) is 31.5. The maximum Gasteiger partial charge on any atom is 0.503 e. The van der Waals surface area contributed by atoms with Crippen LogP contribution in [-0.2, 0) is 45.7 Å². The van der Waals surface area contributed by atoms with Gasteiger partial charge in [-0.1, -0.05) is 19.2 Å². The minimum absolute atomic E-state index is 0.0291. The Morgan fingerprint density at radius 1 is 0.806 bits per heavy atom. The molecule has 3 unspecified atom stereocenters. The molecule has 0 spiro atoms. The van der Waals surface area contributed by atoms with E-state index in [9.17, 15) is 19.5 Å². The van der Waals surface area contributed by atoms with E-state index in [1.807, 2.05) is 0 Å². The molecular weight excluding hydrogens is 512 g/mol. The molecule has 0 saturated carbocycles. The van der Waals surface area contributed by atoms with Gasteiger partial charge in [-0.3, -0.25) is 9.59 Å². The molecule has 0 aliphatic carbocycles. The van der Waals surface area contributed by atoms with Gasteiger partial charge in [0.2, 0.25) is 0 Å². The van der Waals surface area contributed by atoms with Gasteiger partial charge >= 0.3 is 23.6 Å². The van der Waals surface area contributed by atoms with E-state index in [-0.39, 0.29) is 12.1 Å². The van der Waals surface area contributed by atoms with E-state index < -0.39 is 41.6 Å². The third kappa shape index (κ3) is 17.6. The average molecular weight is 555 g/mol. The predicted molar refractivity (Wildman–Crippen MR) is 137 cm³/mol. The normalized spacial score (nSPS) is 13.7. The molecule has 0 aliphatic heterocycles. The molecule has 0 fully saturated rings. The SMILES string of the molecule is C=CC(=O)C(O)C[Si](OC)(OC)OC.C=CC(=O)OC(C)C[Si](OC)(OC)OC.CC(O)C=CC=O. The number of ether oxygens (including phenoxy) is 1. The van der Waals surface area contributed by atoms with Gasteiger partial charge < -0.3 is 41.5 Å². The molecule has 0 saturated heterocycles. The third-order valence-corrected chi connectivity index (χ3v) is 10.0. The topological polar surface area (TPSA) is 156 Å². The number of hydrogen-bond acceptors (Lipinski definition) is 12. The van der Waals surface area contributed by atoms with Crippen molar-refractivity contribution in [2.75, 3.05) is 42.7 Å². The van der Waals surface area contributed by atoms with E-state index in [0.29, 0.717) is 12.3 Å². The molecule has 0 radical (unpaired) electrons. The van der Waals surface area contributed by atoms with Crippen molar-refractivity contribution in [3.63, 3.8) is 0 Å². The van der Waals surface area contributed by atoms with Crippen molar-refractivity contribution in [3.05, 3.63) is 37.5 Å². The summed E-state index contributed by atoms with van der Waals surface area (Å²) in [6.45, 7) is 9.92. The number of aldehydes is 1. The summed E-state index contributed by atoms with van der Waals surface area (Å²) in [5.41, 5.74) is 0. The highest BCUT2D eigenvalue weighted by molar-refractivity contribution is 6.61. The predicted octanol–water partition coefficient (Wildman–Crippen LogP) is 1.09. The lowest BCUT2D eigenvalue weighted by atomic mass is 10.2. The van der Waals surface area contributed by atoms with Crippen molar-refractivity contribution >= 4 is 35.6 Å². The van der Waals surface area contributed by atoms with Crippen molar-refractivity contribution < 1.29 is 55.9 Å². The van der Waals surface area contributed by atoms with Crippen molar-refractivity contribution in [3.8, 4) is 0 Å². The van der Waals surface area contributed by atoms with Gasteiger partial charge in [0.1, 0.15) is 18.5 Å². The van der Waals surface area contributed by atoms with Gasteiger partial charge in [0, 0.05) is 48.7 Å². The summed E-state index contributed by atoms with van der Waals surface area (Å²) in [5, 5.41) is 17.9. The smallest absolute Gasteiger partial charge is 0.460 e. The molecule has 0 amide bonds. The van der Waals surface area contributed by atoms with E-state index in [0.717, 1.165) is 12.2 Å². The number of carbonyl (C=O) groups is 3. The number of hydrogen-bond donors (Lipinski definition) is 2. The second-order valence-corrected chi connectivity index (χ2v) is 12.8. The average Bonchev–Trinajstić information content (AvgIpc) is 2.89. The van der Waals surface area contributed by atoms with Crippen LogP contribution in [0.3, 0.4) is 0 Å². The summed E-state index contributed by atoms with van der Waals surface area (Å²) in [6.07, 6.45) is 3.47. The number of rotatable bonds is 16. The van der Waals surface area contributed by atoms with E-state index in [4.69, 9.17) is 36.4 Å². The van der Waals surface area contributed by atoms with Gasteiger partial charge in [-0.2, -0.15) is 0 Å². The molecule has 0 bridgehead atoms. The minimum Gasteiger partial charge on any atom is -0.460 e. The number of aliphatic hydroxyl groups excluding tert-OH is 2. The lowest BCUT2D eigenvalue weighted by Gasteiger charge is -2.26. The lowest BCUT2D eigenvalue weighted by molar-refractivity contribution is -0.141. The summed E-state index contributed by atoms with van der Waals surface area (Å²) in [5.74, 6) is -0.929. The Bertz CT molecular complexity index is 645. The molecule has 0 aromatic carbocycles. The first-order valence-electron chi connectivity index (χ1n) is 10.6. The van der Waals surface area contributed by atoms with E-state index in [1.54, 1.807) is 13.8 Å². The molecule has 2 N–H and O–H groups in total. The fraction of sp³-hybridized carbons (Fsp3) is 0.591. The van der Waals surface area contributed by atoms with Crippen LogP contribution in [0.1, 0.15) is 13.8 Å². The molecule has 0 heterocycles. The van der Waals surface area contributed by atoms with Gasteiger partial charge in [0.05, 0.1) is 18.2 Å². The zero-order valence-corrected chi connectivity index (χ0v) is 24.4. The highest BCUT2D eigenvalue weighted by Gasteiger charge is 2.42. The van der Waals surface area contributed by atoms with Gasteiger partial charge in [0.15, 0.2) is 5.78 Å². The van der Waals surface area contributed by atoms with Crippen LogP contribution in [0.25, 0.3) is 0 Å². The second kappa shape index (κ2) is 22.3. The molecule has 36 heavy (non-hydrogen) atoms.